The smallest absolute Gasteiger partial charge is 0.331 e. The van der Waals surface area contributed by atoms with Crippen LogP contribution in [0.2, 0.25) is 0 Å². The van der Waals surface area contributed by atoms with Gasteiger partial charge in [0.05, 0.1) is 0 Å². The Morgan fingerprint density at radius 2 is 2.31 bits per heavy atom. The van der Waals surface area contributed by atoms with Gasteiger partial charge in [0.15, 0.2) is 6.04 Å². The summed E-state index contributed by atoms with van der Waals surface area (Å²) in [6.45, 7) is 4.28. The highest BCUT2D eigenvalue weighted by Crippen LogP contribution is 2.27. The van der Waals surface area contributed by atoms with Crippen molar-refractivity contribution < 1.29 is 14.7 Å². The molecule has 1 atom stereocenters. The molecular weight excluding hydrogens is 226 g/mol. The second-order valence-corrected chi connectivity index (χ2v) is 4.85. The van der Waals surface area contributed by atoms with Crippen LogP contribution in [0.1, 0.15) is 29.1 Å². The van der Waals surface area contributed by atoms with E-state index in [0.717, 1.165) is 11.3 Å². The molecule has 0 aliphatic rings. The van der Waals surface area contributed by atoms with Crippen molar-refractivity contribution in [3.05, 3.63) is 21.9 Å². The lowest BCUT2D eigenvalue weighted by Gasteiger charge is -2.23. The van der Waals surface area contributed by atoms with Gasteiger partial charge in [0.1, 0.15) is 0 Å². The Morgan fingerprint density at radius 1 is 1.62 bits per heavy atom. The molecule has 0 bridgehead atoms. The van der Waals surface area contributed by atoms with Gasteiger partial charge in [0.2, 0.25) is 6.41 Å². The maximum atomic E-state index is 11.2. The van der Waals surface area contributed by atoms with Crippen molar-refractivity contribution in [1.29, 1.82) is 0 Å². The molecule has 1 aromatic rings. The zero-order chi connectivity index (χ0) is 12.1. The average Bonchev–Trinajstić information content (AvgIpc) is 2.63. The maximum Gasteiger partial charge on any atom is 0.331 e. The van der Waals surface area contributed by atoms with E-state index < -0.39 is 12.0 Å². The lowest BCUT2D eigenvalue weighted by molar-refractivity contribution is -0.146. The Labute approximate surface area is 98.5 Å². The fourth-order valence-electron chi connectivity index (χ4n) is 1.53. The summed E-state index contributed by atoms with van der Waals surface area (Å²) in [6.07, 6.45) is 1.35. The predicted octanol–water partition coefficient (Wildman–Crippen LogP) is 2.05. The van der Waals surface area contributed by atoms with Gasteiger partial charge >= 0.3 is 5.97 Å². The Bertz CT molecular complexity index is 375. The van der Waals surface area contributed by atoms with Gasteiger partial charge in [-0.25, -0.2) is 4.79 Å². The van der Waals surface area contributed by atoms with E-state index in [9.17, 15) is 14.7 Å². The number of carbonyl (C=O) groups excluding carboxylic acids is 1. The molecule has 88 valence electrons. The van der Waals surface area contributed by atoms with Crippen LogP contribution in [0.5, 0.6) is 0 Å². The quantitative estimate of drug-likeness (QED) is 0.775. The zero-order valence-corrected chi connectivity index (χ0v) is 10.2. The summed E-state index contributed by atoms with van der Waals surface area (Å²) in [5.74, 6) is -0.984. The second-order valence-electron chi connectivity index (χ2n) is 3.53. The van der Waals surface area contributed by atoms with E-state index in [-0.39, 0.29) is 0 Å². The third-order valence-electron chi connectivity index (χ3n) is 2.21. The Hall–Kier alpha value is -1.36. The molecule has 4 nitrogen and oxygen atoms in total. The molecule has 0 saturated carbocycles. The third-order valence-corrected chi connectivity index (χ3v) is 3.27. The van der Waals surface area contributed by atoms with Crippen molar-refractivity contribution in [2.75, 3.05) is 6.54 Å². The normalized spacial score (nSPS) is 12.1. The highest BCUT2D eigenvalue weighted by molar-refractivity contribution is 7.12. The molecular formula is C11H15NO3S. The van der Waals surface area contributed by atoms with Gasteiger partial charge in [-0.2, -0.15) is 0 Å². The number of carboxylic acid groups (broad SMARTS) is 1. The first kappa shape index (κ1) is 12.7. The molecule has 1 unspecified atom stereocenters. The number of carboxylic acids is 1. The molecule has 1 heterocycles. The van der Waals surface area contributed by atoms with Crippen LogP contribution in [0.4, 0.5) is 0 Å². The standard InChI is InChI=1S/C11H15NO3S/c1-3-6-12(7-13)10(11(14)15)9-5-4-8(2)16-9/h4-5,7,10H,3,6H2,1-2H3,(H,14,15). The Balaban J connectivity index is 2.98. The van der Waals surface area contributed by atoms with Crippen LogP contribution in [0.25, 0.3) is 0 Å². The SMILES string of the molecule is CCCN(C=O)C(C(=O)O)c1ccc(C)s1. The van der Waals surface area contributed by atoms with Crippen molar-refractivity contribution >= 4 is 23.7 Å². The molecule has 5 heteroatoms. The molecule has 0 fully saturated rings. The molecule has 16 heavy (non-hydrogen) atoms. The first-order valence-electron chi connectivity index (χ1n) is 5.10. The van der Waals surface area contributed by atoms with E-state index in [1.54, 1.807) is 6.07 Å². The summed E-state index contributed by atoms with van der Waals surface area (Å²) in [4.78, 5) is 25.2. The number of aryl methyl sites for hydroxylation is 1. The largest absolute Gasteiger partial charge is 0.479 e. The van der Waals surface area contributed by atoms with Crippen molar-refractivity contribution in [2.24, 2.45) is 0 Å². The molecule has 1 rings (SSSR count). The average molecular weight is 241 g/mol. The molecule has 1 amide bonds. The number of hydrogen-bond donors (Lipinski definition) is 1. The fourth-order valence-corrected chi connectivity index (χ4v) is 2.52. The monoisotopic (exact) mass is 241 g/mol. The van der Waals surface area contributed by atoms with Crippen LogP contribution < -0.4 is 0 Å². The minimum absolute atomic E-state index is 0.456. The number of carbonyl (C=O) groups is 2. The van der Waals surface area contributed by atoms with Crippen molar-refractivity contribution in [1.82, 2.24) is 4.90 Å². The van der Waals surface area contributed by atoms with Gasteiger partial charge in [-0.1, -0.05) is 6.92 Å². The summed E-state index contributed by atoms with van der Waals surface area (Å²) in [5.41, 5.74) is 0. The lowest BCUT2D eigenvalue weighted by Crippen LogP contribution is -2.33. The fraction of sp³-hybridized carbons (Fsp3) is 0.455. The minimum atomic E-state index is -0.984. The van der Waals surface area contributed by atoms with Crippen LogP contribution in [0.3, 0.4) is 0 Å². The maximum absolute atomic E-state index is 11.2. The van der Waals surface area contributed by atoms with Crippen molar-refractivity contribution in [2.45, 2.75) is 26.3 Å². The molecule has 0 radical (unpaired) electrons. The molecule has 1 N–H and O–H groups in total. The number of amides is 1. The Morgan fingerprint density at radius 3 is 2.69 bits per heavy atom. The van der Waals surface area contributed by atoms with Crippen LogP contribution in [-0.2, 0) is 9.59 Å². The number of aliphatic carboxylic acids is 1. The topological polar surface area (TPSA) is 57.6 Å². The van der Waals surface area contributed by atoms with E-state index in [1.165, 1.54) is 16.2 Å². The van der Waals surface area contributed by atoms with Crippen molar-refractivity contribution in [3.63, 3.8) is 0 Å². The summed E-state index contributed by atoms with van der Waals surface area (Å²) < 4.78 is 0. The van der Waals surface area contributed by atoms with Gasteiger partial charge in [0.25, 0.3) is 0 Å². The van der Waals surface area contributed by atoms with Gasteiger partial charge in [-0.05, 0) is 25.5 Å². The second kappa shape index (κ2) is 5.65. The zero-order valence-electron chi connectivity index (χ0n) is 9.34. The van der Waals surface area contributed by atoms with Gasteiger partial charge in [-0.3, -0.25) is 4.79 Å². The Kier molecular flexibility index (Phi) is 4.49. The highest BCUT2D eigenvalue weighted by Gasteiger charge is 2.27. The van der Waals surface area contributed by atoms with Gasteiger partial charge in [0, 0.05) is 16.3 Å². The summed E-state index contributed by atoms with van der Waals surface area (Å²) in [5, 5.41) is 9.17. The molecule has 0 aliphatic heterocycles. The molecule has 0 aliphatic carbocycles. The van der Waals surface area contributed by atoms with E-state index in [0.29, 0.717) is 17.8 Å². The van der Waals surface area contributed by atoms with Crippen LogP contribution >= 0.6 is 11.3 Å². The van der Waals surface area contributed by atoms with Crippen LogP contribution in [0, 0.1) is 6.92 Å². The van der Waals surface area contributed by atoms with Gasteiger partial charge in [-0.15, -0.1) is 11.3 Å². The molecule has 1 aromatic heterocycles. The van der Waals surface area contributed by atoms with Crippen LogP contribution in [0.15, 0.2) is 12.1 Å². The number of hydrogen-bond acceptors (Lipinski definition) is 3. The minimum Gasteiger partial charge on any atom is -0.479 e. The van der Waals surface area contributed by atoms with E-state index in [2.05, 4.69) is 0 Å². The van der Waals surface area contributed by atoms with E-state index in [1.807, 2.05) is 19.9 Å². The third kappa shape index (κ3) is 2.82. The molecule has 0 aromatic carbocycles. The van der Waals surface area contributed by atoms with Crippen LogP contribution in [-0.4, -0.2) is 28.9 Å². The predicted molar refractivity (Wildman–Crippen MR) is 62.5 cm³/mol. The number of thiophene rings is 1. The summed E-state index contributed by atoms with van der Waals surface area (Å²) in [6, 6.07) is 2.78. The lowest BCUT2D eigenvalue weighted by atomic mass is 10.2. The highest BCUT2D eigenvalue weighted by atomic mass is 32.1. The first-order valence-corrected chi connectivity index (χ1v) is 5.92. The number of nitrogens with zero attached hydrogens (tertiary/aromatic N) is 1. The van der Waals surface area contributed by atoms with Gasteiger partial charge < -0.3 is 10.0 Å². The molecule has 0 saturated heterocycles. The summed E-state index contributed by atoms with van der Waals surface area (Å²) >= 11 is 1.41. The van der Waals surface area contributed by atoms with E-state index >= 15 is 0 Å². The molecule has 0 spiro atoms. The first-order chi connectivity index (χ1) is 7.60. The number of rotatable bonds is 6. The van der Waals surface area contributed by atoms with Crippen molar-refractivity contribution in [3.8, 4) is 0 Å². The van der Waals surface area contributed by atoms with E-state index in [4.69, 9.17) is 0 Å². The summed E-state index contributed by atoms with van der Waals surface area (Å²) in [7, 11) is 0.